The molecule has 1 fully saturated rings. The van der Waals surface area contributed by atoms with E-state index in [0.29, 0.717) is 4.87 Å². The molecule has 0 unspecified atom stereocenters. The molecule has 0 saturated heterocycles. The maximum Gasteiger partial charge on any atom is 0.106 e. The fraction of sp³-hybridized carbons (Fsp3) is 0.462. The summed E-state index contributed by atoms with van der Waals surface area (Å²) < 4.78 is 0. The lowest BCUT2D eigenvalue weighted by atomic mass is 9.92. The van der Waals surface area contributed by atoms with Crippen LogP contribution in [-0.2, 0) is 4.79 Å². The number of rotatable bonds is 3. The second-order valence-corrected chi connectivity index (χ2v) is 5.47. The third-order valence-electron chi connectivity index (χ3n) is 2.95. The van der Waals surface area contributed by atoms with Gasteiger partial charge in [-0.1, -0.05) is 17.7 Å². The molecular formula is C13H19NOS. The molecule has 88 valence electrons. The van der Waals surface area contributed by atoms with E-state index in [0.717, 1.165) is 0 Å². The fourth-order valence-corrected chi connectivity index (χ4v) is 3.05. The van der Waals surface area contributed by atoms with Gasteiger partial charge in [-0.25, -0.2) is 0 Å². The molecule has 16 heavy (non-hydrogen) atoms. The number of carbonyl (C=O) groups is 1. The van der Waals surface area contributed by atoms with Crippen LogP contribution in [0.2, 0.25) is 0 Å². The van der Waals surface area contributed by atoms with Gasteiger partial charge in [0, 0.05) is 4.90 Å². The SMILES string of the molecule is C=O.CNC1(Sc2ccc(C)cc2)CCC1. The predicted molar refractivity (Wildman–Crippen MR) is 69.8 cm³/mol. The molecule has 3 heteroatoms. The Labute approximate surface area is 102 Å². The maximum absolute atomic E-state index is 8.00. The van der Waals surface area contributed by atoms with Gasteiger partial charge in [-0.15, -0.1) is 11.8 Å². The molecule has 1 aliphatic rings. The van der Waals surface area contributed by atoms with Crippen LogP contribution in [0.1, 0.15) is 24.8 Å². The molecular weight excluding hydrogens is 218 g/mol. The normalized spacial score (nSPS) is 16.9. The zero-order chi connectivity index (χ0) is 12.0. The van der Waals surface area contributed by atoms with Gasteiger partial charge in [0.25, 0.3) is 0 Å². The lowest BCUT2D eigenvalue weighted by Gasteiger charge is -2.41. The van der Waals surface area contributed by atoms with Gasteiger partial charge >= 0.3 is 0 Å². The quantitative estimate of drug-likeness (QED) is 0.819. The van der Waals surface area contributed by atoms with Crippen LogP contribution in [-0.4, -0.2) is 18.7 Å². The third kappa shape index (κ3) is 3.09. The average molecular weight is 237 g/mol. The Morgan fingerprint density at radius 2 is 1.81 bits per heavy atom. The first-order valence-corrected chi connectivity index (χ1v) is 6.29. The molecule has 0 spiro atoms. The van der Waals surface area contributed by atoms with E-state index in [1.54, 1.807) is 0 Å². The van der Waals surface area contributed by atoms with Crippen molar-refractivity contribution >= 4 is 18.6 Å². The van der Waals surface area contributed by atoms with E-state index in [9.17, 15) is 0 Å². The van der Waals surface area contributed by atoms with Gasteiger partial charge in [-0.2, -0.15) is 0 Å². The van der Waals surface area contributed by atoms with E-state index < -0.39 is 0 Å². The first-order chi connectivity index (χ1) is 7.74. The van der Waals surface area contributed by atoms with Gasteiger partial charge < -0.3 is 10.1 Å². The fourth-order valence-electron chi connectivity index (χ4n) is 1.73. The Balaban J connectivity index is 0.000000606. The van der Waals surface area contributed by atoms with Crippen LogP contribution in [0.25, 0.3) is 0 Å². The van der Waals surface area contributed by atoms with Crippen molar-refractivity contribution in [3.63, 3.8) is 0 Å². The molecule has 1 N–H and O–H groups in total. The molecule has 0 aliphatic heterocycles. The van der Waals surface area contributed by atoms with Gasteiger partial charge in [-0.3, -0.25) is 0 Å². The Hall–Kier alpha value is -0.800. The van der Waals surface area contributed by atoms with Crippen molar-refractivity contribution < 1.29 is 4.79 Å². The van der Waals surface area contributed by atoms with Gasteiger partial charge in [0.1, 0.15) is 6.79 Å². The summed E-state index contributed by atoms with van der Waals surface area (Å²) in [6, 6.07) is 8.81. The Morgan fingerprint density at radius 1 is 1.25 bits per heavy atom. The second-order valence-electron chi connectivity index (χ2n) is 4.01. The van der Waals surface area contributed by atoms with Crippen LogP contribution >= 0.6 is 11.8 Å². The minimum atomic E-state index is 0.329. The van der Waals surface area contributed by atoms with Crippen LogP contribution < -0.4 is 5.32 Å². The Kier molecular flexibility index (Phi) is 5.03. The van der Waals surface area contributed by atoms with Gasteiger partial charge in [-0.05, 0) is 45.4 Å². The lowest BCUT2D eigenvalue weighted by Crippen LogP contribution is -2.45. The first-order valence-electron chi connectivity index (χ1n) is 5.48. The van der Waals surface area contributed by atoms with Gasteiger partial charge in [0.15, 0.2) is 0 Å². The van der Waals surface area contributed by atoms with E-state index in [2.05, 4.69) is 43.6 Å². The third-order valence-corrected chi connectivity index (χ3v) is 4.46. The smallest absolute Gasteiger partial charge is 0.106 e. The van der Waals surface area contributed by atoms with Crippen LogP contribution in [0.3, 0.4) is 0 Å². The van der Waals surface area contributed by atoms with Crippen LogP contribution in [0, 0.1) is 6.92 Å². The summed E-state index contributed by atoms with van der Waals surface area (Å²) in [5.74, 6) is 0. The topological polar surface area (TPSA) is 29.1 Å². The molecule has 2 nitrogen and oxygen atoms in total. The maximum atomic E-state index is 8.00. The number of benzene rings is 1. The van der Waals surface area contributed by atoms with Crippen LogP contribution in [0.4, 0.5) is 0 Å². The zero-order valence-corrected chi connectivity index (χ0v) is 10.8. The van der Waals surface area contributed by atoms with Crippen molar-refractivity contribution in [3.05, 3.63) is 29.8 Å². The second kappa shape index (κ2) is 6.06. The van der Waals surface area contributed by atoms with Crippen LogP contribution in [0.15, 0.2) is 29.2 Å². The van der Waals surface area contributed by atoms with E-state index in [1.165, 1.54) is 29.7 Å². The van der Waals surface area contributed by atoms with E-state index in [-0.39, 0.29) is 0 Å². The number of hydrogen-bond acceptors (Lipinski definition) is 3. The number of nitrogens with one attached hydrogen (secondary N) is 1. The number of hydrogen-bond donors (Lipinski definition) is 1. The van der Waals surface area contributed by atoms with E-state index in [4.69, 9.17) is 4.79 Å². The molecule has 1 aromatic rings. The summed E-state index contributed by atoms with van der Waals surface area (Å²) in [5, 5.41) is 3.44. The highest BCUT2D eigenvalue weighted by Gasteiger charge is 2.36. The van der Waals surface area contributed by atoms with Gasteiger partial charge in [0.2, 0.25) is 0 Å². The summed E-state index contributed by atoms with van der Waals surface area (Å²) in [6.07, 6.45) is 3.95. The highest BCUT2D eigenvalue weighted by atomic mass is 32.2. The first kappa shape index (κ1) is 13.3. The lowest BCUT2D eigenvalue weighted by molar-refractivity contribution is -0.0979. The molecule has 1 aliphatic carbocycles. The molecule has 1 saturated carbocycles. The van der Waals surface area contributed by atoms with E-state index >= 15 is 0 Å². The minimum Gasteiger partial charge on any atom is -0.307 e. The monoisotopic (exact) mass is 237 g/mol. The molecule has 2 rings (SSSR count). The molecule has 0 heterocycles. The van der Waals surface area contributed by atoms with Crippen LogP contribution in [0.5, 0.6) is 0 Å². The minimum absolute atomic E-state index is 0.329. The number of aryl methyl sites for hydroxylation is 1. The zero-order valence-electron chi connectivity index (χ0n) is 9.95. The Morgan fingerprint density at radius 3 is 2.19 bits per heavy atom. The summed E-state index contributed by atoms with van der Waals surface area (Å²) in [6.45, 7) is 4.13. The molecule has 1 aromatic carbocycles. The summed E-state index contributed by atoms with van der Waals surface area (Å²) in [4.78, 5) is 9.71. The number of thioether (sulfide) groups is 1. The van der Waals surface area contributed by atoms with Crippen molar-refractivity contribution in [1.29, 1.82) is 0 Å². The van der Waals surface area contributed by atoms with Crippen molar-refractivity contribution in [2.45, 2.75) is 36.0 Å². The van der Waals surface area contributed by atoms with Crippen molar-refractivity contribution in [3.8, 4) is 0 Å². The summed E-state index contributed by atoms with van der Waals surface area (Å²) in [5.41, 5.74) is 1.33. The molecule has 0 atom stereocenters. The molecule has 0 bridgehead atoms. The van der Waals surface area contributed by atoms with Crippen molar-refractivity contribution in [1.82, 2.24) is 5.32 Å². The van der Waals surface area contributed by atoms with E-state index in [1.807, 2.05) is 18.6 Å². The predicted octanol–water partition coefficient (Wildman–Crippen LogP) is 3.00. The largest absolute Gasteiger partial charge is 0.307 e. The molecule has 0 aromatic heterocycles. The summed E-state index contributed by atoms with van der Waals surface area (Å²) in [7, 11) is 2.07. The average Bonchev–Trinajstić information content (AvgIpc) is 2.29. The molecule has 0 amide bonds. The Bertz CT molecular complexity index is 314. The van der Waals surface area contributed by atoms with Gasteiger partial charge in [0.05, 0.1) is 4.87 Å². The highest BCUT2D eigenvalue weighted by molar-refractivity contribution is 8.00. The van der Waals surface area contributed by atoms with Crippen molar-refractivity contribution in [2.75, 3.05) is 7.05 Å². The number of carbonyl (C=O) groups excluding carboxylic acids is 1. The standard InChI is InChI=1S/C12H17NS.CH2O/c1-10-4-6-11(7-5-10)14-12(13-2)8-3-9-12;1-2/h4-7,13H,3,8-9H2,1-2H3;1H2. The van der Waals surface area contributed by atoms with Crippen molar-refractivity contribution in [2.24, 2.45) is 0 Å². The molecule has 0 radical (unpaired) electrons. The highest BCUT2D eigenvalue weighted by Crippen LogP contribution is 2.45. The summed E-state index contributed by atoms with van der Waals surface area (Å²) >= 11 is 1.98.